The minimum Gasteiger partial charge on any atom is -0.324 e. The van der Waals surface area contributed by atoms with E-state index in [4.69, 9.17) is 5.73 Å². The average Bonchev–Trinajstić information content (AvgIpc) is 2.78. The highest BCUT2D eigenvalue weighted by Crippen LogP contribution is 2.17. The summed E-state index contributed by atoms with van der Waals surface area (Å²) in [5.41, 5.74) is 7.30. The standard InChI is InChI=1S/C13H17N3S/c1-2-6-12-15-13(17-16-12)9-11(14)10-7-4-3-5-8-10/h3-5,7-8,11H,2,6,9,14H2,1H3. The normalized spacial score (nSPS) is 12.6. The van der Waals surface area contributed by atoms with Crippen molar-refractivity contribution in [1.29, 1.82) is 0 Å². The molecule has 0 aliphatic rings. The van der Waals surface area contributed by atoms with E-state index in [-0.39, 0.29) is 6.04 Å². The maximum Gasteiger partial charge on any atom is 0.142 e. The lowest BCUT2D eigenvalue weighted by Crippen LogP contribution is -2.13. The molecule has 0 radical (unpaired) electrons. The van der Waals surface area contributed by atoms with Gasteiger partial charge in [-0.1, -0.05) is 37.3 Å². The van der Waals surface area contributed by atoms with Gasteiger partial charge in [0.25, 0.3) is 0 Å². The number of nitrogens with zero attached hydrogens (tertiary/aromatic N) is 2. The van der Waals surface area contributed by atoms with Crippen molar-refractivity contribution in [2.45, 2.75) is 32.2 Å². The predicted octanol–water partition coefficient (Wildman–Crippen LogP) is 2.73. The molecule has 0 spiro atoms. The van der Waals surface area contributed by atoms with E-state index in [1.54, 1.807) is 0 Å². The molecule has 2 aromatic rings. The van der Waals surface area contributed by atoms with E-state index < -0.39 is 0 Å². The third kappa shape index (κ3) is 3.35. The van der Waals surface area contributed by atoms with Crippen LogP contribution < -0.4 is 5.73 Å². The first kappa shape index (κ1) is 12.2. The van der Waals surface area contributed by atoms with E-state index in [2.05, 4.69) is 28.4 Å². The molecule has 1 unspecified atom stereocenters. The summed E-state index contributed by atoms with van der Waals surface area (Å²) >= 11 is 1.47. The average molecular weight is 247 g/mol. The van der Waals surface area contributed by atoms with Crippen LogP contribution in [-0.4, -0.2) is 9.36 Å². The second kappa shape index (κ2) is 5.89. The summed E-state index contributed by atoms with van der Waals surface area (Å²) in [6, 6.07) is 10.1. The Labute approximate surface area is 106 Å². The van der Waals surface area contributed by atoms with Crippen LogP contribution in [0.3, 0.4) is 0 Å². The predicted molar refractivity (Wildman–Crippen MR) is 71.0 cm³/mol. The minimum absolute atomic E-state index is 0.0126. The molecule has 17 heavy (non-hydrogen) atoms. The van der Waals surface area contributed by atoms with Gasteiger partial charge in [-0.3, -0.25) is 0 Å². The fourth-order valence-electron chi connectivity index (χ4n) is 1.70. The number of benzene rings is 1. The number of hydrogen-bond acceptors (Lipinski definition) is 4. The van der Waals surface area contributed by atoms with Gasteiger partial charge in [-0.25, -0.2) is 4.98 Å². The molecular weight excluding hydrogens is 230 g/mol. The quantitative estimate of drug-likeness (QED) is 0.884. The molecule has 0 bridgehead atoms. The number of aromatic nitrogens is 2. The van der Waals surface area contributed by atoms with Crippen molar-refractivity contribution in [1.82, 2.24) is 9.36 Å². The van der Waals surface area contributed by atoms with Crippen molar-refractivity contribution < 1.29 is 0 Å². The summed E-state index contributed by atoms with van der Waals surface area (Å²) in [7, 11) is 0. The van der Waals surface area contributed by atoms with Crippen molar-refractivity contribution in [2.24, 2.45) is 5.73 Å². The van der Waals surface area contributed by atoms with E-state index in [9.17, 15) is 0 Å². The molecule has 0 saturated carbocycles. The summed E-state index contributed by atoms with van der Waals surface area (Å²) in [5, 5.41) is 1.03. The molecule has 0 fully saturated rings. The molecule has 0 saturated heterocycles. The molecule has 3 nitrogen and oxygen atoms in total. The Bertz CT molecular complexity index is 453. The number of nitrogens with two attached hydrogens (primary N) is 1. The monoisotopic (exact) mass is 247 g/mol. The molecular formula is C13H17N3S. The van der Waals surface area contributed by atoms with Crippen LogP contribution in [0.25, 0.3) is 0 Å². The van der Waals surface area contributed by atoms with E-state index in [1.165, 1.54) is 11.5 Å². The first-order chi connectivity index (χ1) is 8.29. The molecule has 0 amide bonds. The molecule has 1 atom stereocenters. The summed E-state index contributed by atoms with van der Waals surface area (Å²) in [5.74, 6) is 0.952. The van der Waals surface area contributed by atoms with E-state index >= 15 is 0 Å². The molecule has 90 valence electrons. The van der Waals surface area contributed by atoms with Gasteiger partial charge in [0, 0.05) is 18.9 Å². The van der Waals surface area contributed by atoms with Crippen LogP contribution in [0.2, 0.25) is 0 Å². The Morgan fingerprint density at radius 1 is 1.29 bits per heavy atom. The Kier molecular flexibility index (Phi) is 4.23. The fraction of sp³-hybridized carbons (Fsp3) is 0.385. The van der Waals surface area contributed by atoms with Gasteiger partial charge >= 0.3 is 0 Å². The second-order valence-electron chi connectivity index (χ2n) is 4.08. The van der Waals surface area contributed by atoms with Crippen LogP contribution in [0.15, 0.2) is 30.3 Å². The zero-order chi connectivity index (χ0) is 12.1. The lowest BCUT2D eigenvalue weighted by Gasteiger charge is -2.09. The molecule has 0 aliphatic carbocycles. The SMILES string of the molecule is CCCc1nsc(CC(N)c2ccccc2)n1. The topological polar surface area (TPSA) is 51.8 Å². The van der Waals surface area contributed by atoms with E-state index in [0.29, 0.717) is 0 Å². The highest BCUT2D eigenvalue weighted by Gasteiger charge is 2.10. The van der Waals surface area contributed by atoms with Crippen LogP contribution in [0.1, 0.15) is 35.8 Å². The maximum atomic E-state index is 6.15. The van der Waals surface area contributed by atoms with Gasteiger partial charge in [-0.15, -0.1) is 0 Å². The molecule has 2 rings (SSSR count). The van der Waals surface area contributed by atoms with Crippen molar-refractivity contribution in [2.75, 3.05) is 0 Å². The molecule has 4 heteroatoms. The molecule has 1 aromatic carbocycles. The lowest BCUT2D eigenvalue weighted by molar-refractivity contribution is 0.713. The van der Waals surface area contributed by atoms with Crippen LogP contribution in [0.5, 0.6) is 0 Å². The third-order valence-corrected chi connectivity index (χ3v) is 3.38. The molecule has 1 aromatic heterocycles. The Hall–Kier alpha value is -1.26. The Morgan fingerprint density at radius 3 is 2.76 bits per heavy atom. The molecule has 2 N–H and O–H groups in total. The van der Waals surface area contributed by atoms with Crippen molar-refractivity contribution in [3.8, 4) is 0 Å². The lowest BCUT2D eigenvalue weighted by atomic mass is 10.1. The van der Waals surface area contributed by atoms with Crippen molar-refractivity contribution in [3.05, 3.63) is 46.7 Å². The van der Waals surface area contributed by atoms with Gasteiger partial charge in [0.1, 0.15) is 10.8 Å². The zero-order valence-electron chi connectivity index (χ0n) is 9.97. The molecule has 1 heterocycles. The van der Waals surface area contributed by atoms with Gasteiger partial charge in [0.05, 0.1) is 0 Å². The number of rotatable bonds is 5. The minimum atomic E-state index is 0.0126. The van der Waals surface area contributed by atoms with Crippen LogP contribution >= 0.6 is 11.5 Å². The van der Waals surface area contributed by atoms with E-state index in [1.807, 2.05) is 18.2 Å². The van der Waals surface area contributed by atoms with Crippen molar-refractivity contribution >= 4 is 11.5 Å². The summed E-state index contributed by atoms with van der Waals surface area (Å²) in [6.45, 7) is 2.14. The maximum absolute atomic E-state index is 6.15. The first-order valence-electron chi connectivity index (χ1n) is 5.91. The highest BCUT2D eigenvalue weighted by molar-refractivity contribution is 7.05. The molecule has 0 aliphatic heterocycles. The fourth-order valence-corrected chi connectivity index (χ4v) is 2.45. The Balaban J connectivity index is 2.00. The van der Waals surface area contributed by atoms with Gasteiger partial charge in [-0.2, -0.15) is 4.37 Å². The summed E-state index contributed by atoms with van der Waals surface area (Å²) in [6.07, 6.45) is 2.81. The van der Waals surface area contributed by atoms with Crippen LogP contribution in [-0.2, 0) is 12.8 Å². The Morgan fingerprint density at radius 2 is 2.06 bits per heavy atom. The van der Waals surface area contributed by atoms with Crippen LogP contribution in [0, 0.1) is 0 Å². The summed E-state index contributed by atoms with van der Waals surface area (Å²) in [4.78, 5) is 4.49. The smallest absolute Gasteiger partial charge is 0.142 e. The number of hydrogen-bond donors (Lipinski definition) is 1. The third-order valence-electron chi connectivity index (χ3n) is 2.61. The highest BCUT2D eigenvalue weighted by atomic mass is 32.1. The van der Waals surface area contributed by atoms with Crippen molar-refractivity contribution in [3.63, 3.8) is 0 Å². The van der Waals surface area contributed by atoms with Crippen LogP contribution in [0.4, 0.5) is 0 Å². The largest absolute Gasteiger partial charge is 0.324 e. The summed E-state index contributed by atoms with van der Waals surface area (Å²) < 4.78 is 4.33. The van der Waals surface area contributed by atoms with E-state index in [0.717, 1.165) is 35.7 Å². The zero-order valence-corrected chi connectivity index (χ0v) is 10.8. The van der Waals surface area contributed by atoms with Gasteiger partial charge < -0.3 is 5.73 Å². The van der Waals surface area contributed by atoms with Gasteiger partial charge in [0.2, 0.25) is 0 Å². The van der Waals surface area contributed by atoms with Gasteiger partial charge in [0.15, 0.2) is 0 Å². The first-order valence-corrected chi connectivity index (χ1v) is 6.69. The number of aryl methyl sites for hydroxylation is 1. The second-order valence-corrected chi connectivity index (χ2v) is 4.91. The van der Waals surface area contributed by atoms with Gasteiger partial charge in [-0.05, 0) is 23.5 Å².